The molecule has 0 saturated heterocycles. The van der Waals surface area contributed by atoms with Crippen molar-refractivity contribution < 1.29 is 14.6 Å². The van der Waals surface area contributed by atoms with E-state index in [1.807, 2.05) is 31.2 Å². The van der Waals surface area contributed by atoms with Gasteiger partial charge in [0, 0.05) is 12.0 Å². The largest absolute Gasteiger partial charge is 0.493 e. The van der Waals surface area contributed by atoms with Crippen molar-refractivity contribution in [1.82, 2.24) is 0 Å². The molecule has 0 aromatic heterocycles. The van der Waals surface area contributed by atoms with Gasteiger partial charge in [0.2, 0.25) is 0 Å². The highest BCUT2D eigenvalue weighted by molar-refractivity contribution is 5.83. The Bertz CT molecular complexity index is 478. The van der Waals surface area contributed by atoms with Crippen molar-refractivity contribution >= 4 is 5.97 Å². The summed E-state index contributed by atoms with van der Waals surface area (Å²) in [6.07, 6.45) is 1.79. The van der Waals surface area contributed by atoms with Crippen molar-refractivity contribution in [3.05, 3.63) is 42.0 Å². The molecule has 0 bridgehead atoms. The summed E-state index contributed by atoms with van der Waals surface area (Å²) in [6, 6.07) is 7.41. The zero-order valence-electron chi connectivity index (χ0n) is 10.6. The number of allylic oxidation sites excluding steroid dienone is 1. The Hall–Kier alpha value is -1.77. The average Bonchev–Trinajstić information content (AvgIpc) is 2.38. The molecule has 0 radical (unpaired) electrons. The van der Waals surface area contributed by atoms with Gasteiger partial charge in [-0.2, -0.15) is 0 Å². The molecule has 1 N–H and O–H groups in total. The summed E-state index contributed by atoms with van der Waals surface area (Å²) in [5, 5.41) is 9.68. The van der Waals surface area contributed by atoms with Crippen molar-refractivity contribution in [2.24, 2.45) is 0 Å². The number of fused-ring (bicyclic) bond motifs is 1. The van der Waals surface area contributed by atoms with Crippen molar-refractivity contribution in [1.29, 1.82) is 0 Å². The maximum Gasteiger partial charge on any atom is 0.314 e. The van der Waals surface area contributed by atoms with Gasteiger partial charge in [-0.15, -0.1) is 0 Å². The molecular formula is C15H18O3. The van der Waals surface area contributed by atoms with Gasteiger partial charge in [-0.25, -0.2) is 0 Å². The number of aliphatic carboxylic acids is 1. The van der Waals surface area contributed by atoms with Crippen LogP contribution in [-0.4, -0.2) is 17.7 Å². The van der Waals surface area contributed by atoms with Crippen molar-refractivity contribution in [3.63, 3.8) is 0 Å². The SMILES string of the molecule is C=C(CC)CC1(C(=O)O)CCOc2ccccc21. The summed E-state index contributed by atoms with van der Waals surface area (Å²) in [6.45, 7) is 6.41. The number of rotatable bonds is 4. The van der Waals surface area contributed by atoms with E-state index in [1.165, 1.54) is 0 Å². The van der Waals surface area contributed by atoms with Gasteiger partial charge >= 0.3 is 5.97 Å². The number of ether oxygens (including phenoxy) is 1. The Morgan fingerprint density at radius 1 is 1.50 bits per heavy atom. The lowest BCUT2D eigenvalue weighted by atomic mass is 9.71. The molecule has 0 amide bonds. The van der Waals surface area contributed by atoms with Gasteiger partial charge in [0.1, 0.15) is 11.2 Å². The Labute approximate surface area is 107 Å². The van der Waals surface area contributed by atoms with Crippen molar-refractivity contribution in [2.45, 2.75) is 31.6 Å². The molecule has 2 rings (SSSR count). The molecule has 1 aliphatic heterocycles. The van der Waals surface area contributed by atoms with Gasteiger partial charge in [0.05, 0.1) is 6.61 Å². The number of carbonyl (C=O) groups is 1. The fourth-order valence-electron chi connectivity index (χ4n) is 2.49. The number of carboxylic acids is 1. The van der Waals surface area contributed by atoms with Gasteiger partial charge in [-0.05, 0) is 18.9 Å². The second kappa shape index (κ2) is 4.84. The van der Waals surface area contributed by atoms with E-state index in [0.29, 0.717) is 25.2 Å². The van der Waals surface area contributed by atoms with Crippen LogP contribution in [0.2, 0.25) is 0 Å². The molecule has 0 spiro atoms. The monoisotopic (exact) mass is 246 g/mol. The Balaban J connectivity index is 2.49. The molecule has 1 unspecified atom stereocenters. The zero-order chi connectivity index (χ0) is 13.2. The average molecular weight is 246 g/mol. The van der Waals surface area contributed by atoms with E-state index >= 15 is 0 Å². The summed E-state index contributed by atoms with van der Waals surface area (Å²) in [5.41, 5.74) is 0.870. The van der Waals surface area contributed by atoms with E-state index < -0.39 is 11.4 Å². The number of hydrogen-bond acceptors (Lipinski definition) is 2. The predicted octanol–water partition coefficient (Wildman–Crippen LogP) is 3.15. The van der Waals surface area contributed by atoms with Crippen molar-refractivity contribution in [3.8, 4) is 5.75 Å². The Morgan fingerprint density at radius 2 is 2.22 bits per heavy atom. The molecule has 1 atom stereocenters. The Kier molecular flexibility index (Phi) is 3.41. The third-order valence-corrected chi connectivity index (χ3v) is 3.65. The first-order valence-corrected chi connectivity index (χ1v) is 6.22. The quantitative estimate of drug-likeness (QED) is 0.830. The number of para-hydroxylation sites is 1. The second-order valence-electron chi connectivity index (χ2n) is 4.76. The topological polar surface area (TPSA) is 46.5 Å². The maximum atomic E-state index is 11.8. The molecule has 1 heterocycles. The van der Waals surface area contributed by atoms with Crippen LogP contribution >= 0.6 is 0 Å². The van der Waals surface area contributed by atoms with Crippen LogP contribution < -0.4 is 4.74 Å². The minimum Gasteiger partial charge on any atom is -0.493 e. The molecular weight excluding hydrogens is 228 g/mol. The molecule has 96 valence electrons. The lowest BCUT2D eigenvalue weighted by molar-refractivity contribution is -0.145. The molecule has 3 heteroatoms. The van der Waals surface area contributed by atoms with Gasteiger partial charge < -0.3 is 9.84 Å². The minimum absolute atomic E-state index is 0.445. The molecule has 0 fully saturated rings. The highest BCUT2D eigenvalue weighted by Crippen LogP contribution is 2.43. The molecule has 1 aromatic rings. The highest BCUT2D eigenvalue weighted by atomic mass is 16.5. The van der Waals surface area contributed by atoms with Gasteiger partial charge in [0.15, 0.2) is 0 Å². The lowest BCUT2D eigenvalue weighted by Gasteiger charge is -2.35. The third-order valence-electron chi connectivity index (χ3n) is 3.65. The van der Waals surface area contributed by atoms with E-state index in [1.54, 1.807) is 0 Å². The van der Waals surface area contributed by atoms with Crippen LogP contribution in [0.1, 0.15) is 31.7 Å². The molecule has 1 aliphatic rings. The first-order valence-electron chi connectivity index (χ1n) is 6.22. The summed E-state index contributed by atoms with van der Waals surface area (Å²) in [4.78, 5) is 11.8. The second-order valence-corrected chi connectivity index (χ2v) is 4.76. The lowest BCUT2D eigenvalue weighted by Crippen LogP contribution is -2.40. The summed E-state index contributed by atoms with van der Waals surface area (Å²) < 4.78 is 5.55. The van der Waals surface area contributed by atoms with Crippen LogP contribution in [0.4, 0.5) is 0 Å². The van der Waals surface area contributed by atoms with Gasteiger partial charge in [-0.3, -0.25) is 4.79 Å². The van der Waals surface area contributed by atoms with E-state index in [2.05, 4.69) is 6.58 Å². The van der Waals surface area contributed by atoms with E-state index in [0.717, 1.165) is 17.6 Å². The van der Waals surface area contributed by atoms with E-state index in [9.17, 15) is 9.90 Å². The summed E-state index contributed by atoms with van der Waals surface area (Å²) in [7, 11) is 0. The van der Waals surface area contributed by atoms with Gasteiger partial charge in [0.25, 0.3) is 0 Å². The maximum absolute atomic E-state index is 11.8. The van der Waals surface area contributed by atoms with Crippen LogP contribution in [0.3, 0.4) is 0 Å². The van der Waals surface area contributed by atoms with Crippen LogP contribution in [0.15, 0.2) is 36.4 Å². The third kappa shape index (κ3) is 2.01. The molecule has 0 aliphatic carbocycles. The molecule has 18 heavy (non-hydrogen) atoms. The standard InChI is InChI=1S/C15H18O3/c1-3-11(2)10-15(14(16)17)8-9-18-13-7-5-4-6-12(13)15/h4-7H,2-3,8-10H2,1H3,(H,16,17). The smallest absolute Gasteiger partial charge is 0.314 e. The van der Waals surface area contributed by atoms with Crippen LogP contribution in [0, 0.1) is 0 Å². The fourth-order valence-corrected chi connectivity index (χ4v) is 2.49. The first-order chi connectivity index (χ1) is 8.60. The number of benzene rings is 1. The molecule has 0 saturated carbocycles. The normalized spacial score (nSPS) is 21.8. The zero-order valence-corrected chi connectivity index (χ0v) is 10.6. The number of hydrogen-bond donors (Lipinski definition) is 1. The van der Waals surface area contributed by atoms with Gasteiger partial charge in [-0.1, -0.05) is 37.3 Å². The predicted molar refractivity (Wildman–Crippen MR) is 69.9 cm³/mol. The summed E-state index contributed by atoms with van der Waals surface area (Å²) >= 11 is 0. The van der Waals surface area contributed by atoms with E-state index in [4.69, 9.17) is 4.74 Å². The minimum atomic E-state index is -0.873. The molecule has 3 nitrogen and oxygen atoms in total. The first kappa shape index (κ1) is 12.7. The highest BCUT2D eigenvalue weighted by Gasteiger charge is 2.44. The Morgan fingerprint density at radius 3 is 2.89 bits per heavy atom. The van der Waals surface area contributed by atoms with Crippen LogP contribution in [0.25, 0.3) is 0 Å². The van der Waals surface area contributed by atoms with Crippen LogP contribution in [-0.2, 0) is 10.2 Å². The van der Waals surface area contributed by atoms with Crippen LogP contribution in [0.5, 0.6) is 5.75 Å². The molecule has 1 aromatic carbocycles. The fraction of sp³-hybridized carbons (Fsp3) is 0.400. The van der Waals surface area contributed by atoms with E-state index in [-0.39, 0.29) is 0 Å². The summed E-state index contributed by atoms with van der Waals surface area (Å²) in [5.74, 6) is -0.0945. The number of carboxylic acid groups (broad SMARTS) is 1. The van der Waals surface area contributed by atoms with Crippen molar-refractivity contribution in [2.75, 3.05) is 6.61 Å².